The highest BCUT2D eigenvalue weighted by molar-refractivity contribution is 9.10. The minimum Gasteiger partial charge on any atom is -0.493 e. The molecule has 0 aliphatic heterocycles. The van der Waals surface area contributed by atoms with Crippen LogP contribution in [0.3, 0.4) is 0 Å². The number of ether oxygens (including phenoxy) is 2. The Hall–Kier alpha value is -2.27. The van der Waals surface area contributed by atoms with Gasteiger partial charge in [0.15, 0.2) is 0 Å². The summed E-state index contributed by atoms with van der Waals surface area (Å²) in [5.74, 6) is 1.03. The number of halogens is 1. The standard InChI is InChI=1S/C21H24BrNO3/c1-4-5-11-25-20-10-9-16(22)12-19(20)21(24)23-17-7-6-8-18(13-17)26-14-15(2)3/h6-10,12-13H,2,4-5,11,14H2,1,3H3,(H,23,24). The van der Waals surface area contributed by atoms with E-state index < -0.39 is 0 Å². The van der Waals surface area contributed by atoms with E-state index in [1.54, 1.807) is 18.2 Å². The van der Waals surface area contributed by atoms with Gasteiger partial charge in [0.2, 0.25) is 0 Å². The molecule has 0 heterocycles. The van der Waals surface area contributed by atoms with E-state index in [1.165, 1.54) is 0 Å². The topological polar surface area (TPSA) is 47.6 Å². The summed E-state index contributed by atoms with van der Waals surface area (Å²) in [6.07, 6.45) is 1.98. The van der Waals surface area contributed by atoms with Gasteiger partial charge in [-0.1, -0.05) is 41.9 Å². The number of carbonyl (C=O) groups is 1. The average Bonchev–Trinajstić information content (AvgIpc) is 2.61. The zero-order valence-corrected chi connectivity index (χ0v) is 16.8. The Morgan fingerprint density at radius 1 is 1.19 bits per heavy atom. The number of hydrogen-bond donors (Lipinski definition) is 1. The minimum atomic E-state index is -0.227. The van der Waals surface area contributed by atoms with Crippen LogP contribution in [0.25, 0.3) is 0 Å². The zero-order valence-electron chi connectivity index (χ0n) is 15.2. The van der Waals surface area contributed by atoms with Crippen LogP contribution in [0.4, 0.5) is 5.69 Å². The van der Waals surface area contributed by atoms with Gasteiger partial charge in [0.1, 0.15) is 18.1 Å². The SMILES string of the molecule is C=C(C)COc1cccc(NC(=O)c2cc(Br)ccc2OCCCC)c1. The highest BCUT2D eigenvalue weighted by Gasteiger charge is 2.14. The molecule has 1 N–H and O–H groups in total. The third kappa shape index (κ3) is 6.23. The molecule has 0 aliphatic rings. The number of anilines is 1. The number of nitrogens with one attached hydrogen (secondary N) is 1. The molecule has 2 rings (SSSR count). The molecule has 2 aromatic carbocycles. The largest absolute Gasteiger partial charge is 0.493 e. The highest BCUT2D eigenvalue weighted by Crippen LogP contribution is 2.25. The summed E-state index contributed by atoms with van der Waals surface area (Å²) in [5.41, 5.74) is 2.08. The van der Waals surface area contributed by atoms with Crippen LogP contribution in [0, 0.1) is 0 Å². The third-order valence-electron chi connectivity index (χ3n) is 3.52. The normalized spacial score (nSPS) is 10.3. The number of amides is 1. The predicted molar refractivity (Wildman–Crippen MR) is 109 cm³/mol. The van der Waals surface area contributed by atoms with Crippen LogP contribution in [-0.2, 0) is 0 Å². The van der Waals surface area contributed by atoms with E-state index in [-0.39, 0.29) is 5.91 Å². The van der Waals surface area contributed by atoms with Gasteiger partial charge in [-0.15, -0.1) is 0 Å². The van der Waals surface area contributed by atoms with Crippen molar-refractivity contribution < 1.29 is 14.3 Å². The molecule has 0 aromatic heterocycles. The molecule has 26 heavy (non-hydrogen) atoms. The molecule has 0 atom stereocenters. The first-order chi connectivity index (χ1) is 12.5. The Balaban J connectivity index is 2.13. The number of hydrogen-bond acceptors (Lipinski definition) is 3. The van der Waals surface area contributed by atoms with Gasteiger partial charge in [-0.05, 0) is 49.2 Å². The highest BCUT2D eigenvalue weighted by atomic mass is 79.9. The number of unbranched alkanes of at least 4 members (excludes halogenated alkanes) is 1. The number of carbonyl (C=O) groups excluding carboxylic acids is 1. The fraction of sp³-hybridized carbons (Fsp3) is 0.286. The molecule has 0 saturated carbocycles. The summed E-state index contributed by atoms with van der Waals surface area (Å²) in [6.45, 7) is 8.85. The Kier molecular flexibility index (Phi) is 7.73. The van der Waals surface area contributed by atoms with Crippen molar-refractivity contribution in [3.63, 3.8) is 0 Å². The molecule has 0 aliphatic carbocycles. The molecule has 1 amide bonds. The van der Waals surface area contributed by atoms with E-state index in [0.717, 1.165) is 22.9 Å². The Morgan fingerprint density at radius 2 is 2.00 bits per heavy atom. The molecule has 5 heteroatoms. The molecule has 4 nitrogen and oxygen atoms in total. The van der Waals surface area contributed by atoms with Gasteiger partial charge in [0.25, 0.3) is 5.91 Å². The van der Waals surface area contributed by atoms with Crippen molar-refractivity contribution in [3.05, 3.63) is 64.7 Å². The third-order valence-corrected chi connectivity index (χ3v) is 4.01. The van der Waals surface area contributed by atoms with Crippen LogP contribution >= 0.6 is 15.9 Å². The fourth-order valence-electron chi connectivity index (χ4n) is 2.20. The van der Waals surface area contributed by atoms with E-state index in [1.807, 2.05) is 31.2 Å². The van der Waals surface area contributed by atoms with Crippen LogP contribution in [0.1, 0.15) is 37.0 Å². The van der Waals surface area contributed by atoms with Crippen molar-refractivity contribution in [2.75, 3.05) is 18.5 Å². The molecule has 0 spiro atoms. The minimum absolute atomic E-state index is 0.227. The van der Waals surface area contributed by atoms with Crippen LogP contribution in [0.15, 0.2) is 59.1 Å². The van der Waals surface area contributed by atoms with Crippen molar-refractivity contribution >= 4 is 27.5 Å². The zero-order chi connectivity index (χ0) is 18.9. The van der Waals surface area contributed by atoms with E-state index in [9.17, 15) is 4.79 Å². The average molecular weight is 418 g/mol. The second-order valence-electron chi connectivity index (χ2n) is 6.07. The van der Waals surface area contributed by atoms with Gasteiger partial charge in [-0.3, -0.25) is 4.79 Å². The maximum Gasteiger partial charge on any atom is 0.259 e. The lowest BCUT2D eigenvalue weighted by atomic mass is 10.1. The van der Waals surface area contributed by atoms with Crippen molar-refractivity contribution in [1.29, 1.82) is 0 Å². The van der Waals surface area contributed by atoms with Gasteiger partial charge in [-0.2, -0.15) is 0 Å². The van der Waals surface area contributed by atoms with Gasteiger partial charge in [0, 0.05) is 16.2 Å². The van der Waals surface area contributed by atoms with E-state index in [0.29, 0.717) is 36.0 Å². The molecule has 0 radical (unpaired) electrons. The second kappa shape index (κ2) is 10.0. The Labute approximate surface area is 163 Å². The molecule has 138 valence electrons. The molecule has 0 saturated heterocycles. The van der Waals surface area contributed by atoms with Crippen LogP contribution in [-0.4, -0.2) is 19.1 Å². The van der Waals surface area contributed by atoms with Crippen molar-refractivity contribution in [2.24, 2.45) is 0 Å². The van der Waals surface area contributed by atoms with Gasteiger partial charge < -0.3 is 14.8 Å². The fourth-order valence-corrected chi connectivity index (χ4v) is 2.56. The summed E-state index contributed by atoms with van der Waals surface area (Å²) in [4.78, 5) is 12.7. The van der Waals surface area contributed by atoms with E-state index in [4.69, 9.17) is 9.47 Å². The summed E-state index contributed by atoms with van der Waals surface area (Å²) >= 11 is 3.41. The Morgan fingerprint density at radius 3 is 2.73 bits per heavy atom. The van der Waals surface area contributed by atoms with E-state index >= 15 is 0 Å². The maximum absolute atomic E-state index is 12.7. The first-order valence-electron chi connectivity index (χ1n) is 8.60. The second-order valence-corrected chi connectivity index (χ2v) is 6.99. The Bertz CT molecular complexity index is 774. The first-order valence-corrected chi connectivity index (χ1v) is 9.40. The molecular formula is C21H24BrNO3. The van der Waals surface area contributed by atoms with Crippen molar-refractivity contribution in [2.45, 2.75) is 26.7 Å². The lowest BCUT2D eigenvalue weighted by Crippen LogP contribution is -2.14. The molecule has 0 fully saturated rings. The maximum atomic E-state index is 12.7. The quantitative estimate of drug-likeness (QED) is 0.411. The van der Waals surface area contributed by atoms with Crippen molar-refractivity contribution in [1.82, 2.24) is 0 Å². The molecule has 0 unspecified atom stereocenters. The van der Waals surface area contributed by atoms with Gasteiger partial charge in [0.05, 0.1) is 12.2 Å². The summed E-state index contributed by atoms with van der Waals surface area (Å²) in [6, 6.07) is 12.7. The summed E-state index contributed by atoms with van der Waals surface area (Å²) in [5, 5.41) is 2.90. The van der Waals surface area contributed by atoms with Crippen LogP contribution in [0.5, 0.6) is 11.5 Å². The predicted octanol–water partition coefficient (Wildman–Crippen LogP) is 5.84. The molecular weight excluding hydrogens is 394 g/mol. The first kappa shape index (κ1) is 20.0. The lowest BCUT2D eigenvalue weighted by molar-refractivity contribution is 0.102. The van der Waals surface area contributed by atoms with Crippen molar-refractivity contribution in [3.8, 4) is 11.5 Å². The van der Waals surface area contributed by atoms with Gasteiger partial charge >= 0.3 is 0 Å². The smallest absolute Gasteiger partial charge is 0.259 e. The van der Waals surface area contributed by atoms with E-state index in [2.05, 4.69) is 34.7 Å². The number of rotatable bonds is 9. The molecule has 0 bridgehead atoms. The molecule has 2 aromatic rings. The summed E-state index contributed by atoms with van der Waals surface area (Å²) < 4.78 is 12.2. The number of benzene rings is 2. The van der Waals surface area contributed by atoms with Crippen LogP contribution < -0.4 is 14.8 Å². The van der Waals surface area contributed by atoms with Gasteiger partial charge in [-0.25, -0.2) is 0 Å². The lowest BCUT2D eigenvalue weighted by Gasteiger charge is -2.13. The summed E-state index contributed by atoms with van der Waals surface area (Å²) in [7, 11) is 0. The monoisotopic (exact) mass is 417 g/mol. The van der Waals surface area contributed by atoms with Crippen LogP contribution in [0.2, 0.25) is 0 Å².